The van der Waals surface area contributed by atoms with Crippen LogP contribution in [0.2, 0.25) is 0 Å². The van der Waals surface area contributed by atoms with Gasteiger partial charge in [0.2, 0.25) is 11.8 Å². The van der Waals surface area contributed by atoms with Crippen molar-refractivity contribution >= 4 is 23.4 Å². The van der Waals surface area contributed by atoms with E-state index in [1.807, 2.05) is 11.8 Å². The fourth-order valence-electron chi connectivity index (χ4n) is 3.42. The summed E-state index contributed by atoms with van der Waals surface area (Å²) in [7, 11) is 0. The van der Waals surface area contributed by atoms with Crippen LogP contribution >= 0.6 is 0 Å². The quantitative estimate of drug-likeness (QED) is 0.774. The van der Waals surface area contributed by atoms with E-state index in [4.69, 9.17) is 4.74 Å². The molecule has 3 rings (SSSR count). The molecule has 1 aromatic carbocycles. The lowest BCUT2D eigenvalue weighted by atomic mass is 10.1. The number of morpholine rings is 1. The van der Waals surface area contributed by atoms with Gasteiger partial charge in [-0.1, -0.05) is 13.0 Å². The van der Waals surface area contributed by atoms with Crippen molar-refractivity contribution < 1.29 is 19.1 Å². The van der Waals surface area contributed by atoms with Gasteiger partial charge in [-0.3, -0.25) is 19.3 Å². The molecule has 2 fully saturated rings. The summed E-state index contributed by atoms with van der Waals surface area (Å²) in [5, 5.41) is 5.64. The molecule has 3 amide bonds. The zero-order valence-electron chi connectivity index (χ0n) is 15.6. The molecule has 2 heterocycles. The Kier molecular flexibility index (Phi) is 6.41. The van der Waals surface area contributed by atoms with E-state index in [0.717, 1.165) is 13.1 Å². The van der Waals surface area contributed by atoms with Crippen molar-refractivity contribution in [2.24, 2.45) is 0 Å². The number of nitrogens with one attached hydrogen (secondary N) is 2. The second-order valence-electron chi connectivity index (χ2n) is 6.73. The summed E-state index contributed by atoms with van der Waals surface area (Å²) in [4.78, 5) is 40.8. The van der Waals surface area contributed by atoms with E-state index >= 15 is 0 Å². The minimum absolute atomic E-state index is 0.118. The molecule has 2 saturated heterocycles. The van der Waals surface area contributed by atoms with Crippen LogP contribution in [0.15, 0.2) is 24.3 Å². The molecule has 1 atom stereocenters. The van der Waals surface area contributed by atoms with E-state index in [1.165, 1.54) is 0 Å². The molecule has 0 bridgehead atoms. The normalized spacial score (nSPS) is 20.9. The lowest BCUT2D eigenvalue weighted by Gasteiger charge is -2.34. The van der Waals surface area contributed by atoms with Crippen LogP contribution in [-0.2, 0) is 14.3 Å². The highest BCUT2D eigenvalue weighted by atomic mass is 16.5. The summed E-state index contributed by atoms with van der Waals surface area (Å²) in [5.41, 5.74) is 1.04. The first kappa shape index (κ1) is 19.3. The van der Waals surface area contributed by atoms with Gasteiger partial charge in [0, 0.05) is 37.4 Å². The van der Waals surface area contributed by atoms with Crippen molar-refractivity contribution in [2.45, 2.75) is 19.4 Å². The second kappa shape index (κ2) is 8.96. The van der Waals surface area contributed by atoms with Crippen LogP contribution in [0, 0.1) is 0 Å². The van der Waals surface area contributed by atoms with Crippen LogP contribution in [0.3, 0.4) is 0 Å². The van der Waals surface area contributed by atoms with E-state index in [0.29, 0.717) is 50.5 Å². The largest absolute Gasteiger partial charge is 0.379 e. The number of rotatable bonds is 5. The van der Waals surface area contributed by atoms with Crippen LogP contribution in [-0.4, -0.2) is 79.5 Å². The molecular weight excluding hydrogens is 348 g/mol. The monoisotopic (exact) mass is 374 g/mol. The van der Waals surface area contributed by atoms with E-state index in [1.54, 1.807) is 29.2 Å². The molecule has 0 radical (unpaired) electrons. The Balaban J connectivity index is 1.64. The number of hydrogen-bond acceptors (Lipinski definition) is 5. The first-order chi connectivity index (χ1) is 13.1. The van der Waals surface area contributed by atoms with Gasteiger partial charge in [0.25, 0.3) is 5.91 Å². The van der Waals surface area contributed by atoms with Crippen molar-refractivity contribution in [2.75, 3.05) is 51.3 Å². The molecule has 2 aliphatic rings. The Labute approximate surface area is 158 Å². The molecule has 0 aromatic heterocycles. The zero-order valence-corrected chi connectivity index (χ0v) is 15.6. The average Bonchev–Trinajstić information content (AvgIpc) is 2.68. The molecule has 0 aliphatic carbocycles. The lowest BCUT2D eigenvalue weighted by Crippen LogP contribution is -2.56. The average molecular weight is 374 g/mol. The van der Waals surface area contributed by atoms with Gasteiger partial charge in [-0.05, 0) is 24.6 Å². The van der Waals surface area contributed by atoms with Gasteiger partial charge in [0.1, 0.15) is 6.04 Å². The van der Waals surface area contributed by atoms with Crippen LogP contribution in [0.25, 0.3) is 0 Å². The second-order valence-corrected chi connectivity index (χ2v) is 6.73. The Morgan fingerprint density at radius 3 is 2.78 bits per heavy atom. The third kappa shape index (κ3) is 4.84. The maximum atomic E-state index is 12.9. The van der Waals surface area contributed by atoms with E-state index in [9.17, 15) is 14.4 Å². The highest BCUT2D eigenvalue weighted by Gasteiger charge is 2.32. The third-order valence-electron chi connectivity index (χ3n) is 4.84. The van der Waals surface area contributed by atoms with Gasteiger partial charge in [-0.25, -0.2) is 0 Å². The maximum Gasteiger partial charge on any atom is 0.254 e. The minimum Gasteiger partial charge on any atom is -0.379 e. The van der Waals surface area contributed by atoms with E-state index < -0.39 is 6.04 Å². The van der Waals surface area contributed by atoms with Gasteiger partial charge >= 0.3 is 0 Å². The molecule has 1 unspecified atom stereocenters. The number of amides is 3. The van der Waals surface area contributed by atoms with Crippen molar-refractivity contribution in [3.63, 3.8) is 0 Å². The maximum absolute atomic E-state index is 12.9. The van der Waals surface area contributed by atoms with Gasteiger partial charge in [-0.15, -0.1) is 0 Å². The predicted molar refractivity (Wildman–Crippen MR) is 100 cm³/mol. The summed E-state index contributed by atoms with van der Waals surface area (Å²) >= 11 is 0. The number of nitrogens with zero attached hydrogens (tertiary/aromatic N) is 2. The predicted octanol–water partition coefficient (Wildman–Crippen LogP) is 0.308. The smallest absolute Gasteiger partial charge is 0.254 e. The Morgan fingerprint density at radius 1 is 1.26 bits per heavy atom. The Morgan fingerprint density at radius 2 is 2.04 bits per heavy atom. The SMILES string of the molecule is CCC1C(=O)NCCN1C(=O)c1cccc(NC(=O)CN2CCOCC2)c1. The first-order valence-electron chi connectivity index (χ1n) is 9.37. The number of hydrogen-bond donors (Lipinski definition) is 2. The van der Waals surface area contributed by atoms with Gasteiger partial charge in [0.15, 0.2) is 0 Å². The van der Waals surface area contributed by atoms with E-state index in [-0.39, 0.29) is 17.7 Å². The summed E-state index contributed by atoms with van der Waals surface area (Å²) in [6, 6.07) is 6.42. The number of anilines is 1. The molecule has 0 spiro atoms. The third-order valence-corrected chi connectivity index (χ3v) is 4.84. The molecule has 2 N–H and O–H groups in total. The standard InChI is InChI=1S/C19H26N4O4/c1-2-16-18(25)20-6-7-23(16)19(26)14-4-3-5-15(12-14)21-17(24)13-22-8-10-27-11-9-22/h3-5,12,16H,2,6-11,13H2,1H3,(H,20,25)(H,21,24). The van der Waals surface area contributed by atoms with Gasteiger partial charge in [0.05, 0.1) is 19.8 Å². The Hall–Kier alpha value is -2.45. The highest BCUT2D eigenvalue weighted by Crippen LogP contribution is 2.17. The summed E-state index contributed by atoms with van der Waals surface area (Å²) in [6.45, 7) is 5.87. The van der Waals surface area contributed by atoms with Crippen LogP contribution in [0.5, 0.6) is 0 Å². The molecule has 27 heavy (non-hydrogen) atoms. The molecule has 0 saturated carbocycles. The Bertz CT molecular complexity index is 703. The molecule has 2 aliphatic heterocycles. The molecule has 8 heteroatoms. The van der Waals surface area contributed by atoms with Crippen LogP contribution < -0.4 is 10.6 Å². The van der Waals surface area contributed by atoms with Crippen molar-refractivity contribution in [3.05, 3.63) is 29.8 Å². The lowest BCUT2D eigenvalue weighted by molar-refractivity contribution is -0.127. The highest BCUT2D eigenvalue weighted by molar-refractivity contribution is 6.00. The molecular formula is C19H26N4O4. The summed E-state index contributed by atoms with van der Waals surface area (Å²) < 4.78 is 5.28. The number of piperazine rings is 1. The van der Waals surface area contributed by atoms with Crippen molar-refractivity contribution in [3.8, 4) is 0 Å². The number of carbonyl (C=O) groups excluding carboxylic acids is 3. The number of ether oxygens (including phenoxy) is 1. The van der Waals surface area contributed by atoms with Crippen molar-refractivity contribution in [1.82, 2.24) is 15.1 Å². The number of benzene rings is 1. The van der Waals surface area contributed by atoms with Crippen molar-refractivity contribution in [1.29, 1.82) is 0 Å². The van der Waals surface area contributed by atoms with Crippen LogP contribution in [0.4, 0.5) is 5.69 Å². The summed E-state index contributed by atoms with van der Waals surface area (Å²) in [5.74, 6) is -0.432. The van der Waals surface area contributed by atoms with Crippen LogP contribution in [0.1, 0.15) is 23.7 Å². The minimum atomic E-state index is -0.453. The van der Waals surface area contributed by atoms with Gasteiger partial charge in [-0.2, -0.15) is 0 Å². The topological polar surface area (TPSA) is 91.0 Å². The molecule has 8 nitrogen and oxygen atoms in total. The molecule has 1 aromatic rings. The zero-order chi connectivity index (χ0) is 19.2. The van der Waals surface area contributed by atoms with E-state index in [2.05, 4.69) is 10.6 Å². The fourth-order valence-corrected chi connectivity index (χ4v) is 3.42. The first-order valence-corrected chi connectivity index (χ1v) is 9.37. The summed E-state index contributed by atoms with van der Waals surface area (Å²) in [6.07, 6.45) is 0.563. The molecule has 146 valence electrons. The van der Waals surface area contributed by atoms with Gasteiger partial charge < -0.3 is 20.3 Å². The number of carbonyl (C=O) groups is 3. The fraction of sp³-hybridized carbons (Fsp3) is 0.526.